The van der Waals surface area contributed by atoms with Crippen LogP contribution in [0.3, 0.4) is 0 Å². The number of carbonyl (C=O) groups excluding carboxylic acids is 5. The molecular formula is C38H43N9O8. The maximum atomic E-state index is 12.9. The molecule has 0 aliphatic carbocycles. The number of aliphatic hydroxyl groups excluding tert-OH is 1. The highest BCUT2D eigenvalue weighted by atomic mass is 16.5. The molecule has 17 nitrogen and oxygen atoms in total. The Morgan fingerprint density at radius 1 is 1.07 bits per heavy atom. The maximum absolute atomic E-state index is 12.9. The van der Waals surface area contributed by atoms with Crippen LogP contribution in [0.1, 0.15) is 61.0 Å². The second-order valence-electron chi connectivity index (χ2n) is 13.0. The smallest absolute Gasteiger partial charge is 0.345 e. The van der Waals surface area contributed by atoms with E-state index in [2.05, 4.69) is 26.3 Å². The van der Waals surface area contributed by atoms with Crippen LogP contribution in [0.4, 0.5) is 5.82 Å². The van der Waals surface area contributed by atoms with E-state index in [1.807, 2.05) is 12.1 Å². The fourth-order valence-electron chi connectivity index (χ4n) is 6.15. The van der Waals surface area contributed by atoms with Gasteiger partial charge in [0.2, 0.25) is 11.8 Å². The lowest BCUT2D eigenvalue weighted by Gasteiger charge is -2.30. The predicted octanol–water partition coefficient (Wildman–Crippen LogP) is 1.86. The molecule has 1 aliphatic heterocycles. The number of piperidine rings is 1. The molecule has 2 aromatic carbocycles. The minimum atomic E-state index is -1.23. The summed E-state index contributed by atoms with van der Waals surface area (Å²) in [6.07, 6.45) is 6.08. The number of nitrogens with one attached hydrogen (secondary N) is 6. The molecule has 2 atom stereocenters. The van der Waals surface area contributed by atoms with E-state index in [0.717, 1.165) is 5.56 Å². The number of amides is 5. The molecule has 1 aliphatic rings. The van der Waals surface area contributed by atoms with E-state index in [1.165, 1.54) is 19.1 Å². The lowest BCUT2D eigenvalue weighted by atomic mass is 9.99. The fourth-order valence-corrected chi connectivity index (χ4v) is 6.15. The number of hydrogen-bond acceptors (Lipinski definition) is 12. The van der Waals surface area contributed by atoms with Crippen molar-refractivity contribution < 1.29 is 38.9 Å². The Morgan fingerprint density at radius 3 is 2.45 bits per heavy atom. The Morgan fingerprint density at radius 2 is 1.78 bits per heavy atom. The summed E-state index contributed by atoms with van der Waals surface area (Å²) in [6, 6.07) is 10.6. The highest BCUT2D eigenvalue weighted by Crippen LogP contribution is 2.30. The summed E-state index contributed by atoms with van der Waals surface area (Å²) in [5, 5.41) is 40.8. The van der Waals surface area contributed by atoms with Crippen molar-refractivity contribution in [3.8, 4) is 17.0 Å². The number of ether oxygens (including phenoxy) is 1. The van der Waals surface area contributed by atoms with Gasteiger partial charge in [0.05, 0.1) is 24.1 Å². The van der Waals surface area contributed by atoms with Crippen molar-refractivity contribution in [2.75, 3.05) is 31.6 Å². The van der Waals surface area contributed by atoms with Gasteiger partial charge >= 0.3 is 5.91 Å². The summed E-state index contributed by atoms with van der Waals surface area (Å²) >= 11 is 0. The molecule has 0 bridgehead atoms. The Kier molecular flexibility index (Phi) is 13.0. The van der Waals surface area contributed by atoms with Crippen LogP contribution < -0.4 is 31.1 Å². The SMILES string of the molecule is CC(=N)/C(=C(/C)O)c1ccc(-c2nc3cnccn3c2NCC(=O)NCCCCNC(=O)COc2cccc(C(=O)[NH+]([O-])C3CCC(=O)NC3=O)c2C)cc1. The van der Waals surface area contributed by atoms with Crippen LogP contribution in [0, 0.1) is 17.5 Å². The second-order valence-corrected chi connectivity index (χ2v) is 13.0. The molecule has 2 aromatic heterocycles. The molecule has 7 N–H and O–H groups in total. The van der Waals surface area contributed by atoms with Crippen LogP contribution in [0.25, 0.3) is 22.5 Å². The van der Waals surface area contributed by atoms with Crippen LogP contribution in [0.15, 0.2) is 66.8 Å². The summed E-state index contributed by atoms with van der Waals surface area (Å²) in [6.45, 7) is 5.07. The number of aromatic nitrogens is 3. The van der Waals surface area contributed by atoms with Gasteiger partial charge in [0, 0.05) is 60.7 Å². The van der Waals surface area contributed by atoms with Crippen LogP contribution in [0.5, 0.6) is 5.75 Å². The summed E-state index contributed by atoms with van der Waals surface area (Å²) in [5.74, 6) is -1.90. The summed E-state index contributed by atoms with van der Waals surface area (Å²) < 4.78 is 7.42. The van der Waals surface area contributed by atoms with Crippen molar-refractivity contribution in [2.24, 2.45) is 0 Å². The molecule has 5 rings (SSSR count). The van der Waals surface area contributed by atoms with Crippen molar-refractivity contribution in [1.29, 1.82) is 5.41 Å². The zero-order valence-electron chi connectivity index (χ0n) is 30.7. The first-order valence-corrected chi connectivity index (χ1v) is 17.7. The normalized spacial score (nSPS) is 15.1. The van der Waals surface area contributed by atoms with Gasteiger partial charge in [-0.05, 0) is 51.3 Å². The van der Waals surface area contributed by atoms with E-state index in [1.54, 1.807) is 55.0 Å². The predicted molar refractivity (Wildman–Crippen MR) is 202 cm³/mol. The van der Waals surface area contributed by atoms with E-state index in [-0.39, 0.29) is 54.7 Å². The van der Waals surface area contributed by atoms with E-state index in [0.29, 0.717) is 59.8 Å². The van der Waals surface area contributed by atoms with Gasteiger partial charge < -0.3 is 36.4 Å². The molecular weight excluding hydrogens is 710 g/mol. The quantitative estimate of drug-likeness (QED) is 0.0286. The lowest BCUT2D eigenvalue weighted by Crippen LogP contribution is -3.15. The first kappa shape index (κ1) is 39.7. The van der Waals surface area contributed by atoms with Crippen molar-refractivity contribution in [2.45, 2.75) is 52.5 Å². The summed E-state index contributed by atoms with van der Waals surface area (Å²) in [7, 11) is 0. The van der Waals surface area contributed by atoms with Crippen LogP contribution in [-0.4, -0.2) is 87.0 Å². The zero-order chi connectivity index (χ0) is 39.6. The standard InChI is InChI=1S/C38H43N9O8/c1-22-27(38(53)47(54)28-13-14-31(49)45-37(28)52)7-6-8-29(22)55-21-33(51)42-16-5-4-15-41-32(50)20-43-36-35(44-30-19-40-17-18-46(30)36)26-11-9-25(10-12-26)34(23(2)39)24(3)48/h6-12,17-19,28,39,43,47-48H,4-5,13-16,20-21H2,1-3H3,(H,41,50)(H,42,51)(H,45,49,52)/b34-24+,39-23?. The van der Waals surface area contributed by atoms with Crippen molar-refractivity contribution in [1.82, 2.24) is 30.3 Å². The number of imidazole rings is 1. The molecule has 0 saturated carbocycles. The molecule has 5 amide bonds. The number of rotatable bonds is 16. The highest BCUT2D eigenvalue weighted by Gasteiger charge is 2.36. The fraction of sp³-hybridized carbons (Fsp3) is 0.316. The molecule has 1 saturated heterocycles. The number of imide groups is 1. The monoisotopic (exact) mass is 753 g/mol. The third kappa shape index (κ3) is 9.75. The average molecular weight is 754 g/mol. The van der Waals surface area contributed by atoms with E-state index in [9.17, 15) is 34.3 Å². The first-order valence-electron chi connectivity index (χ1n) is 17.7. The molecule has 3 heterocycles. The van der Waals surface area contributed by atoms with E-state index >= 15 is 0 Å². The van der Waals surface area contributed by atoms with E-state index < -0.39 is 34.7 Å². The number of anilines is 1. The second kappa shape index (κ2) is 18.0. The topological polar surface area (TPSA) is 244 Å². The van der Waals surface area contributed by atoms with Crippen molar-refractivity contribution in [3.05, 3.63) is 88.7 Å². The number of unbranched alkanes of at least 4 members (excludes halogenated alkanes) is 1. The number of allylic oxidation sites excluding steroid dienone is 2. The van der Waals surface area contributed by atoms with Crippen LogP contribution in [-0.2, 0) is 19.2 Å². The molecule has 2 unspecified atom stereocenters. The third-order valence-corrected chi connectivity index (χ3v) is 8.95. The molecule has 55 heavy (non-hydrogen) atoms. The third-order valence-electron chi connectivity index (χ3n) is 8.95. The molecule has 0 spiro atoms. The van der Waals surface area contributed by atoms with Crippen LogP contribution in [0.2, 0.25) is 0 Å². The number of fused-ring (bicyclic) bond motifs is 1. The Bertz CT molecular complexity index is 2140. The maximum Gasteiger partial charge on any atom is 0.345 e. The van der Waals surface area contributed by atoms with Crippen LogP contribution >= 0.6 is 0 Å². The Hall–Kier alpha value is -6.46. The van der Waals surface area contributed by atoms with Gasteiger partial charge in [0.25, 0.3) is 11.8 Å². The molecule has 1 fully saturated rings. The largest absolute Gasteiger partial charge is 0.626 e. The van der Waals surface area contributed by atoms with Gasteiger partial charge in [-0.25, -0.2) is 9.78 Å². The number of hydroxylamine groups is 2. The number of nitrogens with zero attached hydrogens (tertiary/aromatic N) is 3. The number of benzene rings is 2. The Labute approximate surface area is 316 Å². The summed E-state index contributed by atoms with van der Waals surface area (Å²) in [4.78, 5) is 70.4. The lowest BCUT2D eigenvalue weighted by molar-refractivity contribution is -0.777. The number of aliphatic hydroxyl groups is 1. The number of hydrogen-bond donors (Lipinski definition) is 7. The van der Waals surface area contributed by atoms with E-state index in [4.69, 9.17) is 15.1 Å². The zero-order valence-corrected chi connectivity index (χ0v) is 30.7. The van der Waals surface area contributed by atoms with Gasteiger partial charge in [-0.15, -0.1) is 0 Å². The molecule has 4 aromatic rings. The molecule has 0 radical (unpaired) electrons. The number of quaternary nitrogens is 1. The Balaban J connectivity index is 1.05. The van der Waals surface area contributed by atoms with Gasteiger partial charge in [0.15, 0.2) is 18.3 Å². The molecule has 17 heteroatoms. The average Bonchev–Trinajstić information content (AvgIpc) is 3.53. The number of carbonyl (C=O) groups is 5. The first-order chi connectivity index (χ1) is 26.3. The van der Waals surface area contributed by atoms with Crippen molar-refractivity contribution in [3.63, 3.8) is 0 Å². The minimum absolute atomic E-state index is 0.0264. The van der Waals surface area contributed by atoms with Gasteiger partial charge in [-0.2, -0.15) is 0 Å². The van der Waals surface area contributed by atoms with Gasteiger partial charge in [0.1, 0.15) is 17.3 Å². The van der Waals surface area contributed by atoms with Gasteiger partial charge in [-0.1, -0.05) is 30.3 Å². The highest BCUT2D eigenvalue weighted by molar-refractivity contribution is 6.21. The van der Waals surface area contributed by atoms with Crippen molar-refractivity contribution >= 4 is 52.3 Å². The van der Waals surface area contributed by atoms with Gasteiger partial charge in [-0.3, -0.25) is 38.9 Å². The molecule has 288 valence electrons. The summed E-state index contributed by atoms with van der Waals surface area (Å²) in [5.41, 5.74) is 3.72. The minimum Gasteiger partial charge on any atom is -0.626 e.